The van der Waals surface area contributed by atoms with Crippen LogP contribution in [0.15, 0.2) is 66.0 Å². The number of anilines is 1. The number of aromatic nitrogens is 4. The summed E-state index contributed by atoms with van der Waals surface area (Å²) in [5, 5.41) is 9.82. The highest BCUT2D eigenvalue weighted by atomic mass is 32.2. The average molecular weight is 409 g/mol. The summed E-state index contributed by atoms with van der Waals surface area (Å²) in [6.45, 7) is 3.94. The summed E-state index contributed by atoms with van der Waals surface area (Å²) >= 11 is 1.77. The van der Waals surface area contributed by atoms with Crippen LogP contribution in [-0.4, -0.2) is 50.0 Å². The molecule has 5 rings (SSSR count). The molecule has 1 aliphatic rings. The molecular weight excluding hydrogens is 387 g/mol. The number of halogens is 1. The number of nitrogens with zero attached hydrogens (tertiary/aromatic N) is 6. The zero-order chi connectivity index (χ0) is 19.8. The summed E-state index contributed by atoms with van der Waals surface area (Å²) in [6, 6.07) is 12.8. The van der Waals surface area contributed by atoms with E-state index in [9.17, 15) is 4.39 Å². The van der Waals surface area contributed by atoms with Gasteiger partial charge in [0, 0.05) is 50.5 Å². The Bertz CT molecular complexity index is 1130. The molecule has 1 saturated heterocycles. The Kier molecular flexibility index (Phi) is 4.73. The molecule has 4 aromatic rings. The van der Waals surface area contributed by atoms with Crippen LogP contribution in [0.2, 0.25) is 0 Å². The summed E-state index contributed by atoms with van der Waals surface area (Å²) in [4.78, 5) is 3.59. The van der Waals surface area contributed by atoms with Crippen molar-refractivity contribution in [2.75, 3.05) is 31.1 Å². The molecule has 0 unspecified atom stereocenters. The Morgan fingerprint density at radius 2 is 1.66 bits per heavy atom. The molecule has 0 bridgehead atoms. The third kappa shape index (κ3) is 3.73. The van der Waals surface area contributed by atoms with E-state index in [1.807, 2.05) is 35.0 Å². The lowest BCUT2D eigenvalue weighted by Gasteiger charge is -2.35. The Labute approximate surface area is 172 Å². The number of fused-ring (bicyclic) bond motifs is 1. The van der Waals surface area contributed by atoms with E-state index < -0.39 is 0 Å². The molecule has 0 amide bonds. The van der Waals surface area contributed by atoms with Crippen molar-refractivity contribution >= 4 is 28.5 Å². The average Bonchev–Trinajstić information content (AvgIpc) is 3.35. The number of benzene rings is 2. The first-order valence-electron chi connectivity index (χ1n) is 9.56. The topological polar surface area (TPSA) is 42.1 Å². The molecule has 2 aromatic carbocycles. The number of hydrogen-bond donors (Lipinski definition) is 0. The summed E-state index contributed by atoms with van der Waals surface area (Å²) in [7, 11) is 1.94. The van der Waals surface area contributed by atoms with Crippen molar-refractivity contribution in [3.05, 3.63) is 66.9 Å². The number of hydrogen-bond acceptors (Lipinski definition) is 5. The Balaban J connectivity index is 1.29. The van der Waals surface area contributed by atoms with Gasteiger partial charge in [0.25, 0.3) is 0 Å². The first kappa shape index (κ1) is 18.2. The van der Waals surface area contributed by atoms with E-state index in [0.29, 0.717) is 0 Å². The lowest BCUT2D eigenvalue weighted by molar-refractivity contribution is 0.430. The van der Waals surface area contributed by atoms with Gasteiger partial charge in [-0.2, -0.15) is 10.2 Å². The van der Waals surface area contributed by atoms with Gasteiger partial charge in [-0.05, 0) is 54.4 Å². The molecule has 0 N–H and O–H groups in total. The van der Waals surface area contributed by atoms with Gasteiger partial charge < -0.3 is 4.90 Å². The zero-order valence-corrected chi connectivity index (χ0v) is 16.9. The predicted octanol–water partition coefficient (Wildman–Crippen LogP) is 3.73. The highest BCUT2D eigenvalue weighted by Crippen LogP contribution is 2.28. The van der Waals surface area contributed by atoms with E-state index in [0.717, 1.165) is 42.8 Å². The van der Waals surface area contributed by atoms with Gasteiger partial charge in [-0.15, -0.1) is 0 Å². The fourth-order valence-corrected chi connectivity index (χ4v) is 4.58. The van der Waals surface area contributed by atoms with Crippen molar-refractivity contribution in [3.63, 3.8) is 0 Å². The van der Waals surface area contributed by atoms with Crippen LogP contribution in [0.1, 0.15) is 0 Å². The second kappa shape index (κ2) is 7.53. The minimum absolute atomic E-state index is 0.242. The molecule has 6 nitrogen and oxygen atoms in total. The molecule has 0 aliphatic carbocycles. The third-order valence-corrected chi connectivity index (χ3v) is 6.19. The maximum atomic E-state index is 13.2. The molecule has 8 heteroatoms. The van der Waals surface area contributed by atoms with Crippen molar-refractivity contribution in [2.45, 2.75) is 4.90 Å². The van der Waals surface area contributed by atoms with Gasteiger partial charge >= 0.3 is 0 Å². The normalized spacial score (nSPS) is 15.3. The fraction of sp³-hybridized carbons (Fsp3) is 0.238. The van der Waals surface area contributed by atoms with Crippen LogP contribution in [0.3, 0.4) is 0 Å². The van der Waals surface area contributed by atoms with E-state index in [1.54, 1.807) is 24.1 Å². The minimum Gasteiger partial charge on any atom is -0.369 e. The van der Waals surface area contributed by atoms with Crippen LogP contribution in [0, 0.1) is 5.82 Å². The second-order valence-electron chi connectivity index (χ2n) is 7.13. The highest BCUT2D eigenvalue weighted by molar-refractivity contribution is 7.97. The van der Waals surface area contributed by atoms with Gasteiger partial charge in [-0.3, -0.25) is 4.68 Å². The SMILES string of the molecule is Cn1cc(SN2CCN(c3ccc4c(cnn4-c4ccc(F)cc4)c3)CC2)cn1. The monoisotopic (exact) mass is 408 g/mol. The van der Waals surface area contributed by atoms with Crippen molar-refractivity contribution in [3.8, 4) is 5.69 Å². The first-order chi connectivity index (χ1) is 14.2. The molecule has 0 saturated carbocycles. The van der Waals surface area contributed by atoms with E-state index in [-0.39, 0.29) is 5.82 Å². The summed E-state index contributed by atoms with van der Waals surface area (Å²) in [5.74, 6) is -0.242. The quantitative estimate of drug-likeness (QED) is 0.482. The van der Waals surface area contributed by atoms with Crippen molar-refractivity contribution in [1.29, 1.82) is 0 Å². The van der Waals surface area contributed by atoms with Gasteiger partial charge in [-0.1, -0.05) is 0 Å². The fourth-order valence-electron chi connectivity index (χ4n) is 3.64. The molecule has 148 valence electrons. The molecule has 3 heterocycles. The lowest BCUT2D eigenvalue weighted by atomic mass is 10.2. The molecule has 1 fully saturated rings. The highest BCUT2D eigenvalue weighted by Gasteiger charge is 2.19. The van der Waals surface area contributed by atoms with Crippen LogP contribution < -0.4 is 4.90 Å². The van der Waals surface area contributed by atoms with Gasteiger partial charge in [-0.25, -0.2) is 13.4 Å². The Morgan fingerprint density at radius 1 is 0.897 bits per heavy atom. The standard InChI is InChI=1S/C21H21FN6S/c1-25-15-20(14-23-25)29-27-10-8-26(9-11-27)19-6-7-21-16(12-19)13-24-28(21)18-4-2-17(22)3-5-18/h2-7,12-15H,8-11H2,1H3. The first-order valence-corrected chi connectivity index (χ1v) is 10.3. The summed E-state index contributed by atoms with van der Waals surface area (Å²) in [6.07, 6.45) is 5.82. The Morgan fingerprint density at radius 3 is 2.38 bits per heavy atom. The van der Waals surface area contributed by atoms with Crippen LogP contribution >= 0.6 is 11.9 Å². The lowest BCUT2D eigenvalue weighted by Crippen LogP contribution is -2.43. The molecule has 0 atom stereocenters. The van der Waals surface area contributed by atoms with E-state index in [2.05, 4.69) is 37.6 Å². The molecule has 2 aromatic heterocycles. The molecule has 1 aliphatic heterocycles. The zero-order valence-electron chi connectivity index (χ0n) is 16.1. The number of rotatable bonds is 4. The molecule has 29 heavy (non-hydrogen) atoms. The Hall–Kier alpha value is -2.84. The largest absolute Gasteiger partial charge is 0.369 e. The van der Waals surface area contributed by atoms with Crippen molar-refractivity contribution in [2.24, 2.45) is 7.05 Å². The van der Waals surface area contributed by atoms with Crippen LogP contribution in [-0.2, 0) is 7.05 Å². The maximum absolute atomic E-state index is 13.2. The van der Waals surface area contributed by atoms with Gasteiger partial charge in [0.05, 0.1) is 28.5 Å². The van der Waals surface area contributed by atoms with Gasteiger partial charge in [0.1, 0.15) is 5.82 Å². The van der Waals surface area contributed by atoms with Gasteiger partial charge in [0.15, 0.2) is 0 Å². The predicted molar refractivity (Wildman–Crippen MR) is 114 cm³/mol. The number of piperazine rings is 1. The molecular formula is C21H21FN6S. The second-order valence-corrected chi connectivity index (χ2v) is 8.30. The smallest absolute Gasteiger partial charge is 0.123 e. The number of aryl methyl sites for hydroxylation is 1. The van der Waals surface area contributed by atoms with E-state index in [4.69, 9.17) is 0 Å². The van der Waals surface area contributed by atoms with Gasteiger partial charge in [0.2, 0.25) is 0 Å². The third-order valence-electron chi connectivity index (χ3n) is 5.14. The van der Waals surface area contributed by atoms with E-state index in [1.165, 1.54) is 22.7 Å². The van der Waals surface area contributed by atoms with Crippen LogP contribution in [0.25, 0.3) is 16.6 Å². The summed E-state index contributed by atoms with van der Waals surface area (Å²) in [5.41, 5.74) is 3.09. The van der Waals surface area contributed by atoms with Crippen molar-refractivity contribution in [1.82, 2.24) is 23.9 Å². The van der Waals surface area contributed by atoms with Crippen molar-refractivity contribution < 1.29 is 4.39 Å². The summed E-state index contributed by atoms with van der Waals surface area (Å²) < 4.78 is 19.3. The van der Waals surface area contributed by atoms with Crippen LogP contribution in [0.4, 0.5) is 10.1 Å². The minimum atomic E-state index is -0.242. The maximum Gasteiger partial charge on any atom is 0.123 e. The molecule has 0 radical (unpaired) electrons. The van der Waals surface area contributed by atoms with E-state index >= 15 is 0 Å². The molecule has 0 spiro atoms. The van der Waals surface area contributed by atoms with Crippen LogP contribution in [0.5, 0.6) is 0 Å².